The van der Waals surface area contributed by atoms with Gasteiger partial charge in [-0.2, -0.15) is 0 Å². The van der Waals surface area contributed by atoms with Gasteiger partial charge in [-0.3, -0.25) is 0 Å². The van der Waals surface area contributed by atoms with Gasteiger partial charge in [0.25, 0.3) is 0 Å². The number of fused-ring (bicyclic) bond motifs is 6. The molecule has 0 amide bonds. The van der Waals surface area contributed by atoms with E-state index in [9.17, 15) is 0 Å². The smallest absolute Gasteiger partial charge is 0.223 e. The van der Waals surface area contributed by atoms with Gasteiger partial charge >= 0.3 is 0 Å². The molecule has 0 N–H and O–H groups in total. The second-order valence-corrected chi connectivity index (χ2v) is 15.4. The molecule has 4 aromatic heterocycles. The fourth-order valence-electron chi connectivity index (χ4n) is 7.67. The van der Waals surface area contributed by atoms with Crippen LogP contribution in [0.4, 0.5) is 0 Å². The molecule has 11 aromatic rings. The number of rotatable bonds is 6. The molecule has 0 fully saturated rings. The van der Waals surface area contributed by atoms with Crippen LogP contribution in [0, 0.1) is 0 Å². The Morgan fingerprint density at radius 3 is 1.53 bits per heavy atom. The summed E-state index contributed by atoms with van der Waals surface area (Å²) < 4.78 is 13.7. The van der Waals surface area contributed by atoms with Gasteiger partial charge in [-0.05, 0) is 81.4 Å². The van der Waals surface area contributed by atoms with Crippen molar-refractivity contribution in [3.8, 4) is 67.3 Å². The third-order valence-electron chi connectivity index (χ3n) is 10.5. The molecular formula is C50H28BrClN4O2. The maximum atomic E-state index is 6.53. The second kappa shape index (κ2) is 13.9. The minimum absolute atomic E-state index is 0.172. The molecule has 7 aromatic carbocycles. The second-order valence-electron chi connectivity index (χ2n) is 14.1. The van der Waals surface area contributed by atoms with Crippen molar-refractivity contribution in [3.63, 3.8) is 0 Å². The first-order chi connectivity index (χ1) is 28.5. The molecule has 6 nitrogen and oxygen atoms in total. The van der Waals surface area contributed by atoms with E-state index < -0.39 is 0 Å². The third-order valence-corrected chi connectivity index (χ3v) is 11.2. The first-order valence-corrected chi connectivity index (χ1v) is 19.9. The molecule has 11 rings (SSSR count). The van der Waals surface area contributed by atoms with Crippen LogP contribution in [0.5, 0.6) is 0 Å². The molecule has 0 saturated heterocycles. The fourth-order valence-corrected chi connectivity index (χ4v) is 8.20. The monoisotopic (exact) mass is 830 g/mol. The van der Waals surface area contributed by atoms with Gasteiger partial charge in [0.2, 0.25) is 5.28 Å². The molecule has 0 unspecified atom stereocenters. The minimum atomic E-state index is 0.172. The number of hydrogen-bond acceptors (Lipinski definition) is 6. The summed E-state index contributed by atoms with van der Waals surface area (Å²) in [5.74, 6) is 0.634. The van der Waals surface area contributed by atoms with E-state index >= 15 is 0 Å². The summed E-state index contributed by atoms with van der Waals surface area (Å²) in [4.78, 5) is 19.4. The van der Waals surface area contributed by atoms with E-state index in [0.717, 1.165) is 87.7 Å². The van der Waals surface area contributed by atoms with Crippen molar-refractivity contribution in [1.82, 2.24) is 19.9 Å². The summed E-state index contributed by atoms with van der Waals surface area (Å²) in [5, 5.41) is 2.01. The summed E-state index contributed by atoms with van der Waals surface area (Å²) in [6.07, 6.45) is 0. The fraction of sp³-hybridized carbons (Fsp3) is 0. The summed E-state index contributed by atoms with van der Waals surface area (Å²) in [7, 11) is 0. The molecule has 0 atom stereocenters. The quantitative estimate of drug-likeness (QED) is 0.155. The van der Waals surface area contributed by atoms with E-state index in [1.54, 1.807) is 0 Å². The van der Waals surface area contributed by atoms with Crippen LogP contribution in [0.3, 0.4) is 0 Å². The SMILES string of the molecule is Clc1nc(-c2ccc(-c3ccc(-c4cccc(-c5nc(-c6ccccc6)c6oc7ccc(Br)cc7c6n5)c4)cc3)cc2)c2oc3ccc(-c4ccccc4)cc3c2n1. The Hall–Kier alpha value is -6.93. The van der Waals surface area contributed by atoms with Crippen molar-refractivity contribution >= 4 is 71.7 Å². The van der Waals surface area contributed by atoms with Gasteiger partial charge in [0, 0.05) is 31.9 Å². The zero-order valence-electron chi connectivity index (χ0n) is 30.5. The summed E-state index contributed by atoms with van der Waals surface area (Å²) >= 11 is 10.1. The first kappa shape index (κ1) is 34.3. The molecule has 0 aliphatic heterocycles. The third kappa shape index (κ3) is 6.04. The van der Waals surface area contributed by atoms with Crippen LogP contribution in [0.1, 0.15) is 0 Å². The number of benzene rings is 7. The molecule has 0 spiro atoms. The lowest BCUT2D eigenvalue weighted by Crippen LogP contribution is -1.94. The van der Waals surface area contributed by atoms with E-state index in [1.807, 2.05) is 72.8 Å². The average molecular weight is 832 g/mol. The first-order valence-electron chi connectivity index (χ1n) is 18.7. The Bertz CT molecular complexity index is 3350. The molecule has 0 aliphatic rings. The van der Waals surface area contributed by atoms with Gasteiger partial charge in [-0.15, -0.1) is 0 Å². The normalized spacial score (nSPS) is 11.6. The van der Waals surface area contributed by atoms with E-state index in [-0.39, 0.29) is 5.28 Å². The average Bonchev–Trinajstić information content (AvgIpc) is 3.84. The van der Waals surface area contributed by atoms with E-state index in [0.29, 0.717) is 28.2 Å². The van der Waals surface area contributed by atoms with Crippen molar-refractivity contribution < 1.29 is 8.83 Å². The lowest BCUT2D eigenvalue weighted by molar-refractivity contribution is 0.667. The highest BCUT2D eigenvalue weighted by molar-refractivity contribution is 9.10. The van der Waals surface area contributed by atoms with Crippen LogP contribution in [-0.2, 0) is 0 Å². The molecule has 0 radical (unpaired) electrons. The number of halogens is 2. The lowest BCUT2D eigenvalue weighted by Gasteiger charge is -2.09. The summed E-state index contributed by atoms with van der Waals surface area (Å²) in [5.41, 5.74) is 15.0. The molecule has 0 saturated carbocycles. The minimum Gasteiger partial charge on any atom is -0.452 e. The Morgan fingerprint density at radius 2 is 0.845 bits per heavy atom. The van der Waals surface area contributed by atoms with E-state index in [4.69, 9.17) is 30.4 Å². The maximum absolute atomic E-state index is 6.53. The van der Waals surface area contributed by atoms with Crippen molar-refractivity contribution in [2.45, 2.75) is 0 Å². The van der Waals surface area contributed by atoms with Gasteiger partial charge in [0.1, 0.15) is 33.6 Å². The zero-order chi connectivity index (χ0) is 38.7. The highest BCUT2D eigenvalue weighted by Gasteiger charge is 2.20. The van der Waals surface area contributed by atoms with Crippen molar-refractivity contribution in [2.75, 3.05) is 0 Å². The van der Waals surface area contributed by atoms with Gasteiger partial charge in [-0.1, -0.05) is 149 Å². The van der Waals surface area contributed by atoms with Gasteiger partial charge in [-0.25, -0.2) is 19.9 Å². The van der Waals surface area contributed by atoms with Crippen molar-refractivity contribution in [3.05, 3.63) is 180 Å². The molecule has 4 heterocycles. The van der Waals surface area contributed by atoms with Crippen LogP contribution < -0.4 is 0 Å². The van der Waals surface area contributed by atoms with E-state index in [1.165, 1.54) is 0 Å². The van der Waals surface area contributed by atoms with Crippen molar-refractivity contribution in [1.29, 1.82) is 0 Å². The van der Waals surface area contributed by atoms with Crippen molar-refractivity contribution in [2.24, 2.45) is 0 Å². The number of nitrogens with zero attached hydrogens (tertiary/aromatic N) is 4. The number of furan rings is 2. The van der Waals surface area contributed by atoms with Crippen LogP contribution in [0.25, 0.3) is 111 Å². The Morgan fingerprint density at radius 1 is 0.379 bits per heavy atom. The van der Waals surface area contributed by atoms with E-state index in [2.05, 4.69) is 123 Å². The maximum Gasteiger partial charge on any atom is 0.223 e. The number of hydrogen-bond donors (Lipinski definition) is 0. The van der Waals surface area contributed by atoms with Crippen LogP contribution >= 0.6 is 27.5 Å². The Balaban J connectivity index is 0.905. The highest BCUT2D eigenvalue weighted by atomic mass is 79.9. The van der Waals surface area contributed by atoms with Gasteiger partial charge in [0.15, 0.2) is 17.0 Å². The molecule has 58 heavy (non-hydrogen) atoms. The molecule has 8 heteroatoms. The predicted octanol–water partition coefficient (Wildman–Crippen LogP) is 14.5. The van der Waals surface area contributed by atoms with Crippen LogP contribution in [0.15, 0.2) is 183 Å². The largest absolute Gasteiger partial charge is 0.452 e. The lowest BCUT2D eigenvalue weighted by atomic mass is 9.98. The summed E-state index contributed by atoms with van der Waals surface area (Å²) in [6.45, 7) is 0. The topological polar surface area (TPSA) is 77.8 Å². The molecule has 0 bridgehead atoms. The zero-order valence-corrected chi connectivity index (χ0v) is 32.9. The van der Waals surface area contributed by atoms with Crippen LogP contribution in [-0.4, -0.2) is 19.9 Å². The van der Waals surface area contributed by atoms with Gasteiger partial charge in [0.05, 0.1) is 0 Å². The molecular weight excluding hydrogens is 804 g/mol. The number of aromatic nitrogens is 4. The Kier molecular flexibility index (Phi) is 8.24. The summed E-state index contributed by atoms with van der Waals surface area (Å²) in [6, 6.07) is 57.7. The molecule has 0 aliphatic carbocycles. The molecule has 274 valence electrons. The Labute approximate surface area is 345 Å². The van der Waals surface area contributed by atoms with Gasteiger partial charge < -0.3 is 8.83 Å². The highest BCUT2D eigenvalue weighted by Crippen LogP contribution is 2.39. The predicted molar refractivity (Wildman–Crippen MR) is 238 cm³/mol. The standard InChI is InChI=1S/C50H28BrClN4O2/c51-38-23-25-42-40(28-38)45-47(58-42)43(33-10-5-2-6-11-33)53-49(54-45)37-13-7-12-35(26-37)32-16-14-30(15-17-32)31-18-20-34(21-19-31)44-48-46(56-50(52)55-44)39-27-36(22-24-41(39)57-48)29-8-3-1-4-9-29/h1-28H. The van der Waals surface area contributed by atoms with Crippen LogP contribution in [0.2, 0.25) is 5.28 Å².